The Hall–Kier alpha value is -1.82. The number of nitrogens with zero attached hydrogens (tertiary/aromatic N) is 3. The van der Waals surface area contributed by atoms with E-state index in [0.717, 1.165) is 44.0 Å². The van der Waals surface area contributed by atoms with E-state index in [1.165, 1.54) is 6.42 Å². The van der Waals surface area contributed by atoms with Gasteiger partial charge in [0.15, 0.2) is 5.96 Å². The van der Waals surface area contributed by atoms with Gasteiger partial charge in [0.2, 0.25) is 0 Å². The van der Waals surface area contributed by atoms with Crippen LogP contribution in [-0.4, -0.2) is 48.8 Å². The van der Waals surface area contributed by atoms with Crippen molar-refractivity contribution in [2.24, 2.45) is 16.6 Å². The van der Waals surface area contributed by atoms with Gasteiger partial charge in [-0.25, -0.2) is 4.99 Å². The Labute approximate surface area is 125 Å². The van der Waals surface area contributed by atoms with E-state index in [1.54, 1.807) is 12.4 Å². The summed E-state index contributed by atoms with van der Waals surface area (Å²) in [5.41, 5.74) is 6.97. The molecule has 0 amide bonds. The summed E-state index contributed by atoms with van der Waals surface area (Å²) in [5.74, 6) is 1.89. The van der Waals surface area contributed by atoms with Gasteiger partial charge < -0.3 is 20.1 Å². The number of rotatable bonds is 5. The van der Waals surface area contributed by atoms with Crippen LogP contribution in [0.25, 0.3) is 0 Å². The first-order valence-electron chi connectivity index (χ1n) is 7.51. The Bertz CT molecular complexity index is 496. The van der Waals surface area contributed by atoms with Crippen LogP contribution in [0.5, 0.6) is 5.75 Å². The van der Waals surface area contributed by atoms with Gasteiger partial charge in [-0.1, -0.05) is 0 Å². The maximum absolute atomic E-state index is 5.95. The summed E-state index contributed by atoms with van der Waals surface area (Å²) >= 11 is 0. The summed E-state index contributed by atoms with van der Waals surface area (Å²) < 4.78 is 11.2. The highest BCUT2D eigenvalue weighted by atomic mass is 16.5. The molecule has 6 nitrogen and oxygen atoms in total. The third kappa shape index (κ3) is 3.64. The summed E-state index contributed by atoms with van der Waals surface area (Å²) in [5, 5.41) is 0. The molecule has 0 saturated carbocycles. The normalized spacial score (nSPS) is 22.2. The van der Waals surface area contributed by atoms with E-state index in [4.69, 9.17) is 15.2 Å². The van der Waals surface area contributed by atoms with Crippen molar-refractivity contribution in [1.82, 2.24) is 9.88 Å². The highest BCUT2D eigenvalue weighted by Gasteiger charge is 2.18. The maximum atomic E-state index is 5.95. The zero-order valence-electron chi connectivity index (χ0n) is 12.2. The van der Waals surface area contributed by atoms with Crippen LogP contribution in [0.2, 0.25) is 0 Å². The Morgan fingerprint density at radius 3 is 3.14 bits per heavy atom. The summed E-state index contributed by atoms with van der Waals surface area (Å²) in [4.78, 5) is 10.7. The van der Waals surface area contributed by atoms with E-state index in [-0.39, 0.29) is 0 Å². The Morgan fingerprint density at radius 2 is 2.43 bits per heavy atom. The Balaban J connectivity index is 1.58. The lowest BCUT2D eigenvalue weighted by Crippen LogP contribution is -2.46. The zero-order valence-corrected chi connectivity index (χ0v) is 12.2. The highest BCUT2D eigenvalue weighted by molar-refractivity contribution is 5.78. The molecule has 1 aromatic heterocycles. The van der Waals surface area contributed by atoms with Gasteiger partial charge in [-0.05, 0) is 18.9 Å². The lowest BCUT2D eigenvalue weighted by molar-refractivity contribution is 0.166. The predicted octanol–water partition coefficient (Wildman–Crippen LogP) is 1.02. The number of pyridine rings is 1. The van der Waals surface area contributed by atoms with E-state index in [1.807, 2.05) is 6.07 Å². The SMILES string of the molecule is NC(=NCc1ccncc1OCC1CCOC1)N1CCC1. The second-order valence-electron chi connectivity index (χ2n) is 5.54. The minimum atomic E-state index is 0.479. The van der Waals surface area contributed by atoms with Crippen molar-refractivity contribution in [2.45, 2.75) is 19.4 Å². The third-order valence-corrected chi connectivity index (χ3v) is 3.96. The average Bonchev–Trinajstić information content (AvgIpc) is 2.95. The summed E-state index contributed by atoms with van der Waals surface area (Å²) in [7, 11) is 0. The summed E-state index contributed by atoms with van der Waals surface area (Å²) in [6.07, 6.45) is 5.77. The second-order valence-corrected chi connectivity index (χ2v) is 5.54. The van der Waals surface area contributed by atoms with Gasteiger partial charge in [0.1, 0.15) is 5.75 Å². The molecule has 3 heterocycles. The van der Waals surface area contributed by atoms with E-state index < -0.39 is 0 Å². The molecular weight excluding hydrogens is 268 g/mol. The first-order valence-corrected chi connectivity index (χ1v) is 7.51. The molecule has 21 heavy (non-hydrogen) atoms. The van der Waals surface area contributed by atoms with Crippen molar-refractivity contribution in [3.63, 3.8) is 0 Å². The number of hydrogen-bond donors (Lipinski definition) is 1. The smallest absolute Gasteiger partial charge is 0.191 e. The lowest BCUT2D eigenvalue weighted by atomic mass is 10.1. The van der Waals surface area contributed by atoms with E-state index in [2.05, 4.69) is 14.9 Å². The molecule has 0 aliphatic carbocycles. The van der Waals surface area contributed by atoms with Crippen molar-refractivity contribution >= 4 is 5.96 Å². The van der Waals surface area contributed by atoms with Crippen molar-refractivity contribution in [2.75, 3.05) is 32.9 Å². The first-order chi connectivity index (χ1) is 10.3. The predicted molar refractivity (Wildman–Crippen MR) is 80.2 cm³/mol. The summed E-state index contributed by atoms with van der Waals surface area (Å²) in [6, 6.07) is 1.94. The fraction of sp³-hybridized carbons (Fsp3) is 0.600. The van der Waals surface area contributed by atoms with Gasteiger partial charge in [-0.2, -0.15) is 0 Å². The number of nitrogens with two attached hydrogens (primary N) is 1. The molecular formula is C15H22N4O2. The van der Waals surface area contributed by atoms with Gasteiger partial charge in [0.25, 0.3) is 0 Å². The van der Waals surface area contributed by atoms with Gasteiger partial charge in [-0.3, -0.25) is 4.98 Å². The molecule has 2 N–H and O–H groups in total. The van der Waals surface area contributed by atoms with Crippen LogP contribution in [-0.2, 0) is 11.3 Å². The van der Waals surface area contributed by atoms with Crippen molar-refractivity contribution in [1.29, 1.82) is 0 Å². The Kier molecular flexibility index (Phi) is 4.55. The fourth-order valence-corrected chi connectivity index (χ4v) is 2.40. The molecule has 0 radical (unpaired) electrons. The standard InChI is InChI=1S/C15H22N4O2/c16-15(19-5-1-6-19)18-8-13-2-4-17-9-14(13)21-11-12-3-7-20-10-12/h2,4,9,12H,1,3,5-8,10-11H2,(H2,16,18). The van der Waals surface area contributed by atoms with E-state index >= 15 is 0 Å². The van der Waals surface area contributed by atoms with Crippen molar-refractivity contribution in [3.8, 4) is 5.75 Å². The van der Waals surface area contributed by atoms with Crippen LogP contribution in [0, 0.1) is 5.92 Å². The molecule has 0 spiro atoms. The number of likely N-dealkylation sites (tertiary alicyclic amines) is 1. The molecule has 2 saturated heterocycles. The van der Waals surface area contributed by atoms with Crippen LogP contribution in [0.1, 0.15) is 18.4 Å². The minimum absolute atomic E-state index is 0.479. The number of hydrogen-bond acceptors (Lipinski definition) is 4. The highest BCUT2D eigenvalue weighted by Crippen LogP contribution is 2.20. The third-order valence-electron chi connectivity index (χ3n) is 3.96. The van der Waals surface area contributed by atoms with Crippen LogP contribution < -0.4 is 10.5 Å². The van der Waals surface area contributed by atoms with Crippen LogP contribution in [0.4, 0.5) is 0 Å². The van der Waals surface area contributed by atoms with Gasteiger partial charge in [0.05, 0.1) is 26.0 Å². The molecule has 2 fully saturated rings. The minimum Gasteiger partial charge on any atom is -0.491 e. The number of ether oxygens (including phenoxy) is 2. The number of guanidine groups is 1. The first kappa shape index (κ1) is 14.1. The molecule has 0 bridgehead atoms. The van der Waals surface area contributed by atoms with Crippen molar-refractivity contribution in [3.05, 3.63) is 24.0 Å². The monoisotopic (exact) mass is 290 g/mol. The molecule has 3 rings (SSSR count). The second kappa shape index (κ2) is 6.76. The summed E-state index contributed by atoms with van der Waals surface area (Å²) in [6.45, 7) is 4.85. The van der Waals surface area contributed by atoms with Crippen LogP contribution >= 0.6 is 0 Å². The van der Waals surface area contributed by atoms with Crippen LogP contribution in [0.3, 0.4) is 0 Å². The van der Waals surface area contributed by atoms with E-state index in [0.29, 0.717) is 25.0 Å². The Morgan fingerprint density at radius 1 is 1.52 bits per heavy atom. The average molecular weight is 290 g/mol. The zero-order chi connectivity index (χ0) is 14.5. The molecule has 114 valence electrons. The van der Waals surface area contributed by atoms with Crippen molar-refractivity contribution < 1.29 is 9.47 Å². The molecule has 2 aliphatic heterocycles. The van der Waals surface area contributed by atoms with E-state index in [9.17, 15) is 0 Å². The van der Waals surface area contributed by atoms with Gasteiger partial charge in [-0.15, -0.1) is 0 Å². The quantitative estimate of drug-likeness (QED) is 0.647. The lowest BCUT2D eigenvalue weighted by Gasteiger charge is -2.31. The van der Waals surface area contributed by atoms with Gasteiger partial charge in [0, 0.05) is 37.4 Å². The molecule has 0 aromatic carbocycles. The van der Waals surface area contributed by atoms with Crippen LogP contribution in [0.15, 0.2) is 23.5 Å². The molecule has 1 unspecified atom stereocenters. The van der Waals surface area contributed by atoms with Gasteiger partial charge >= 0.3 is 0 Å². The molecule has 2 aliphatic rings. The molecule has 1 atom stereocenters. The maximum Gasteiger partial charge on any atom is 0.191 e. The fourth-order valence-electron chi connectivity index (χ4n) is 2.40. The molecule has 6 heteroatoms. The molecule has 1 aromatic rings. The largest absolute Gasteiger partial charge is 0.491 e. The number of aliphatic imine (C=N–C) groups is 1. The topological polar surface area (TPSA) is 73.0 Å². The number of aromatic nitrogens is 1.